The lowest BCUT2D eigenvalue weighted by molar-refractivity contribution is 0.367. The van der Waals surface area contributed by atoms with Crippen LogP contribution in [0.1, 0.15) is 12.2 Å². The predicted octanol–water partition coefficient (Wildman–Crippen LogP) is 4.46. The van der Waals surface area contributed by atoms with Crippen molar-refractivity contribution in [2.45, 2.75) is 6.42 Å². The van der Waals surface area contributed by atoms with Crippen molar-refractivity contribution in [1.82, 2.24) is 4.90 Å². The summed E-state index contributed by atoms with van der Waals surface area (Å²) in [6.07, 6.45) is 4.91. The molecule has 2 nitrogen and oxygen atoms in total. The first kappa shape index (κ1) is 12.1. The first-order chi connectivity index (χ1) is 8.65. The summed E-state index contributed by atoms with van der Waals surface area (Å²) >= 11 is 12.3. The molecule has 1 aromatic carbocycles. The zero-order valence-corrected chi connectivity index (χ0v) is 11.6. The van der Waals surface area contributed by atoms with Gasteiger partial charge in [-0.05, 0) is 31.2 Å². The van der Waals surface area contributed by atoms with E-state index in [2.05, 4.69) is 18.0 Å². The zero-order chi connectivity index (χ0) is 12.7. The highest BCUT2D eigenvalue weighted by Crippen LogP contribution is 2.36. The molecule has 3 rings (SSSR count). The smallest absolute Gasteiger partial charge is 0.138 e. The van der Waals surface area contributed by atoms with Crippen LogP contribution in [0.5, 0.6) is 0 Å². The molecule has 1 aromatic heterocycles. The van der Waals surface area contributed by atoms with Gasteiger partial charge in [0.05, 0.1) is 11.3 Å². The number of rotatable bonds is 1. The van der Waals surface area contributed by atoms with E-state index < -0.39 is 0 Å². The van der Waals surface area contributed by atoms with E-state index in [1.165, 1.54) is 5.57 Å². The first-order valence-corrected chi connectivity index (χ1v) is 6.65. The highest BCUT2D eigenvalue weighted by molar-refractivity contribution is 6.39. The molecule has 0 N–H and O–H groups in total. The molecule has 0 amide bonds. The van der Waals surface area contributed by atoms with Gasteiger partial charge in [0.25, 0.3) is 0 Å². The Morgan fingerprint density at radius 1 is 1.28 bits per heavy atom. The molecule has 0 aliphatic carbocycles. The van der Waals surface area contributed by atoms with E-state index in [9.17, 15) is 0 Å². The Kier molecular flexibility index (Phi) is 3.10. The lowest BCUT2D eigenvalue weighted by Crippen LogP contribution is -2.23. The van der Waals surface area contributed by atoms with Gasteiger partial charge in [0.2, 0.25) is 0 Å². The molecule has 0 spiro atoms. The number of hydrogen-bond donors (Lipinski definition) is 0. The van der Waals surface area contributed by atoms with E-state index >= 15 is 0 Å². The van der Waals surface area contributed by atoms with Gasteiger partial charge in [-0.1, -0.05) is 29.3 Å². The fourth-order valence-electron chi connectivity index (χ4n) is 2.32. The summed E-state index contributed by atoms with van der Waals surface area (Å²) in [6.45, 7) is 1.99. The molecular weight excluding hydrogens is 269 g/mol. The van der Waals surface area contributed by atoms with Crippen molar-refractivity contribution in [1.29, 1.82) is 0 Å². The molecule has 4 heteroatoms. The van der Waals surface area contributed by atoms with Gasteiger partial charge in [0.15, 0.2) is 0 Å². The van der Waals surface area contributed by atoms with Gasteiger partial charge >= 0.3 is 0 Å². The molecule has 18 heavy (non-hydrogen) atoms. The normalized spacial score (nSPS) is 17.2. The van der Waals surface area contributed by atoms with Gasteiger partial charge < -0.3 is 9.32 Å². The Labute approximate surface area is 116 Å². The average molecular weight is 282 g/mol. The SMILES string of the molecule is CN1CC=C(c2occ3cc(Cl)cc(Cl)c23)CC1. The standard InChI is InChI=1S/C14H13Cl2NO/c1-17-4-2-9(3-5-17)14-13-10(8-18-14)6-11(15)7-12(13)16/h2,6-8H,3-5H2,1H3. The summed E-state index contributed by atoms with van der Waals surface area (Å²) in [5.41, 5.74) is 1.23. The van der Waals surface area contributed by atoms with Crippen LogP contribution in [0.25, 0.3) is 16.3 Å². The minimum atomic E-state index is 0.636. The lowest BCUT2D eigenvalue weighted by Gasteiger charge is -2.21. The lowest BCUT2D eigenvalue weighted by atomic mass is 10.0. The monoisotopic (exact) mass is 281 g/mol. The fraction of sp³-hybridized carbons (Fsp3) is 0.286. The number of likely N-dealkylation sites (N-methyl/N-ethyl adjacent to an activating group) is 1. The topological polar surface area (TPSA) is 16.4 Å². The highest BCUT2D eigenvalue weighted by atomic mass is 35.5. The van der Waals surface area contributed by atoms with Crippen molar-refractivity contribution in [3.05, 3.63) is 40.3 Å². The van der Waals surface area contributed by atoms with E-state index in [0.29, 0.717) is 10.0 Å². The van der Waals surface area contributed by atoms with E-state index in [4.69, 9.17) is 27.6 Å². The summed E-state index contributed by atoms with van der Waals surface area (Å²) < 4.78 is 5.70. The summed E-state index contributed by atoms with van der Waals surface area (Å²) in [4.78, 5) is 2.27. The molecular formula is C14H13Cl2NO. The van der Waals surface area contributed by atoms with Crippen LogP contribution >= 0.6 is 23.2 Å². The molecule has 0 saturated carbocycles. The minimum absolute atomic E-state index is 0.636. The van der Waals surface area contributed by atoms with Gasteiger partial charge in [-0.15, -0.1) is 0 Å². The Hall–Kier alpha value is -0.960. The molecule has 0 bridgehead atoms. The van der Waals surface area contributed by atoms with Crippen LogP contribution < -0.4 is 0 Å². The second kappa shape index (κ2) is 4.61. The van der Waals surface area contributed by atoms with Crippen LogP contribution in [0.4, 0.5) is 0 Å². The maximum atomic E-state index is 6.27. The number of nitrogens with zero attached hydrogens (tertiary/aromatic N) is 1. The molecule has 1 aliphatic rings. The second-order valence-corrected chi connectivity index (χ2v) is 5.50. The summed E-state index contributed by atoms with van der Waals surface area (Å²) in [6, 6.07) is 3.64. The van der Waals surface area contributed by atoms with E-state index in [-0.39, 0.29) is 0 Å². The summed E-state index contributed by atoms with van der Waals surface area (Å²) in [5.74, 6) is 0.889. The van der Waals surface area contributed by atoms with E-state index in [1.54, 1.807) is 12.3 Å². The third kappa shape index (κ3) is 2.05. The van der Waals surface area contributed by atoms with Crippen molar-refractivity contribution in [2.75, 3.05) is 20.1 Å². The average Bonchev–Trinajstić information content (AvgIpc) is 2.74. The number of hydrogen-bond acceptors (Lipinski definition) is 2. The molecule has 2 aromatic rings. The minimum Gasteiger partial charge on any atom is -0.463 e. The highest BCUT2D eigenvalue weighted by Gasteiger charge is 2.17. The van der Waals surface area contributed by atoms with Crippen LogP contribution in [0, 0.1) is 0 Å². The van der Waals surface area contributed by atoms with Gasteiger partial charge in [-0.25, -0.2) is 0 Å². The van der Waals surface area contributed by atoms with Crippen molar-refractivity contribution < 1.29 is 4.42 Å². The predicted molar refractivity (Wildman–Crippen MR) is 76.3 cm³/mol. The third-order valence-corrected chi connectivity index (χ3v) is 3.84. The Morgan fingerprint density at radius 3 is 2.83 bits per heavy atom. The van der Waals surface area contributed by atoms with Gasteiger partial charge in [0, 0.05) is 28.9 Å². The quantitative estimate of drug-likeness (QED) is 0.767. The maximum Gasteiger partial charge on any atom is 0.138 e. The van der Waals surface area contributed by atoms with Crippen LogP contribution in [0.3, 0.4) is 0 Å². The van der Waals surface area contributed by atoms with Crippen molar-refractivity contribution in [2.24, 2.45) is 0 Å². The zero-order valence-electron chi connectivity index (χ0n) is 10.0. The van der Waals surface area contributed by atoms with Crippen molar-refractivity contribution in [3.8, 4) is 0 Å². The third-order valence-electron chi connectivity index (χ3n) is 3.32. The molecule has 2 heterocycles. The number of halogens is 2. The van der Waals surface area contributed by atoms with Crippen LogP contribution in [-0.4, -0.2) is 25.0 Å². The fourth-order valence-corrected chi connectivity index (χ4v) is 2.92. The van der Waals surface area contributed by atoms with Gasteiger partial charge in [-0.2, -0.15) is 0 Å². The second-order valence-electron chi connectivity index (χ2n) is 4.66. The molecule has 0 atom stereocenters. The van der Waals surface area contributed by atoms with Crippen LogP contribution in [0.15, 0.2) is 28.9 Å². The Balaban J connectivity index is 2.13. The molecule has 0 saturated heterocycles. The molecule has 0 radical (unpaired) electrons. The first-order valence-electron chi connectivity index (χ1n) is 5.89. The van der Waals surface area contributed by atoms with Crippen molar-refractivity contribution >= 4 is 39.5 Å². The van der Waals surface area contributed by atoms with Crippen molar-refractivity contribution in [3.63, 3.8) is 0 Å². The Morgan fingerprint density at radius 2 is 2.11 bits per heavy atom. The Bertz CT molecular complexity index is 630. The summed E-state index contributed by atoms with van der Waals surface area (Å²) in [7, 11) is 2.11. The summed E-state index contributed by atoms with van der Waals surface area (Å²) in [5, 5.41) is 3.22. The molecule has 0 fully saturated rings. The van der Waals surface area contributed by atoms with E-state index in [0.717, 1.165) is 36.0 Å². The number of benzene rings is 1. The number of furan rings is 1. The molecule has 1 aliphatic heterocycles. The molecule has 0 unspecified atom stereocenters. The van der Waals surface area contributed by atoms with E-state index in [1.807, 2.05) is 6.07 Å². The van der Waals surface area contributed by atoms with Crippen LogP contribution in [-0.2, 0) is 0 Å². The number of fused-ring (bicyclic) bond motifs is 1. The van der Waals surface area contributed by atoms with Crippen LogP contribution in [0.2, 0.25) is 10.0 Å². The maximum absolute atomic E-state index is 6.27. The molecule has 94 valence electrons. The van der Waals surface area contributed by atoms with Gasteiger partial charge in [0.1, 0.15) is 5.76 Å². The largest absolute Gasteiger partial charge is 0.463 e. The van der Waals surface area contributed by atoms with Gasteiger partial charge in [-0.3, -0.25) is 0 Å².